The summed E-state index contributed by atoms with van der Waals surface area (Å²) in [6.07, 6.45) is -0.928. The molecule has 1 N–H and O–H groups in total. The van der Waals surface area contributed by atoms with Gasteiger partial charge in [-0.15, -0.1) is 0 Å². The van der Waals surface area contributed by atoms with Gasteiger partial charge in [-0.2, -0.15) is 0 Å². The maximum absolute atomic E-state index is 12.3. The van der Waals surface area contributed by atoms with Crippen molar-refractivity contribution in [2.24, 2.45) is 0 Å². The molecule has 2 rings (SSSR count). The Kier molecular flexibility index (Phi) is 5.58. The molecule has 0 fully saturated rings. The Labute approximate surface area is 141 Å². The fourth-order valence-electron chi connectivity index (χ4n) is 2.21. The lowest BCUT2D eigenvalue weighted by Crippen LogP contribution is -2.30. The number of anilines is 1. The van der Waals surface area contributed by atoms with Crippen LogP contribution in [0.25, 0.3) is 0 Å². The third-order valence-electron chi connectivity index (χ3n) is 3.52. The lowest BCUT2D eigenvalue weighted by molar-refractivity contribution is -0.123. The van der Waals surface area contributed by atoms with Crippen LogP contribution in [0.5, 0.6) is 5.75 Å². The number of hydrogen-bond donors (Lipinski definition) is 1. The molecule has 1 atom stereocenters. The van der Waals surface area contributed by atoms with Gasteiger partial charge in [0.2, 0.25) is 0 Å². The van der Waals surface area contributed by atoms with E-state index in [1.54, 1.807) is 30.3 Å². The van der Waals surface area contributed by atoms with Gasteiger partial charge < -0.3 is 14.8 Å². The van der Waals surface area contributed by atoms with Crippen LogP contribution in [0.4, 0.5) is 5.69 Å². The summed E-state index contributed by atoms with van der Waals surface area (Å²) in [4.78, 5) is 24.4. The minimum Gasteiger partial charge on any atom is -0.495 e. The van der Waals surface area contributed by atoms with E-state index in [0.29, 0.717) is 17.0 Å². The second-order valence-corrected chi connectivity index (χ2v) is 5.61. The zero-order chi connectivity index (χ0) is 17.7. The Balaban J connectivity index is 2.05. The molecule has 0 spiro atoms. The average molecular weight is 327 g/mol. The number of ether oxygens (including phenoxy) is 2. The van der Waals surface area contributed by atoms with Gasteiger partial charge in [-0.25, -0.2) is 4.79 Å². The highest BCUT2D eigenvalue weighted by molar-refractivity contribution is 5.98. The maximum atomic E-state index is 12.3. The molecule has 5 nitrogen and oxygen atoms in total. The molecule has 2 aromatic carbocycles. The molecule has 0 unspecified atom stereocenters. The quantitative estimate of drug-likeness (QED) is 0.854. The van der Waals surface area contributed by atoms with Gasteiger partial charge in [-0.1, -0.05) is 23.8 Å². The van der Waals surface area contributed by atoms with Crippen molar-refractivity contribution in [1.82, 2.24) is 0 Å². The second kappa shape index (κ2) is 7.64. The zero-order valence-electron chi connectivity index (χ0n) is 14.3. The van der Waals surface area contributed by atoms with Crippen LogP contribution in [0.2, 0.25) is 0 Å². The number of aryl methyl sites for hydroxylation is 2. The smallest absolute Gasteiger partial charge is 0.338 e. The van der Waals surface area contributed by atoms with Crippen molar-refractivity contribution in [1.29, 1.82) is 0 Å². The van der Waals surface area contributed by atoms with E-state index in [0.717, 1.165) is 11.1 Å². The van der Waals surface area contributed by atoms with Crippen LogP contribution in [0.15, 0.2) is 42.5 Å². The predicted molar refractivity (Wildman–Crippen MR) is 92.4 cm³/mol. The average Bonchev–Trinajstić information content (AvgIpc) is 2.55. The highest BCUT2D eigenvalue weighted by Crippen LogP contribution is 2.25. The van der Waals surface area contributed by atoms with Gasteiger partial charge in [0.1, 0.15) is 5.75 Å². The number of carbonyl (C=O) groups excluding carboxylic acids is 2. The van der Waals surface area contributed by atoms with Gasteiger partial charge in [0.25, 0.3) is 5.91 Å². The van der Waals surface area contributed by atoms with E-state index in [9.17, 15) is 9.59 Å². The Morgan fingerprint density at radius 1 is 1.04 bits per heavy atom. The number of carbonyl (C=O) groups is 2. The van der Waals surface area contributed by atoms with E-state index in [-0.39, 0.29) is 0 Å². The summed E-state index contributed by atoms with van der Waals surface area (Å²) in [7, 11) is 1.53. The van der Waals surface area contributed by atoms with Crippen molar-refractivity contribution in [3.05, 3.63) is 59.2 Å². The lowest BCUT2D eigenvalue weighted by Gasteiger charge is -2.15. The molecule has 0 radical (unpaired) electrons. The normalized spacial score (nSPS) is 11.5. The van der Waals surface area contributed by atoms with Crippen LogP contribution >= 0.6 is 0 Å². The van der Waals surface area contributed by atoms with Crippen molar-refractivity contribution in [3.8, 4) is 5.75 Å². The van der Waals surface area contributed by atoms with Gasteiger partial charge in [0, 0.05) is 0 Å². The summed E-state index contributed by atoms with van der Waals surface area (Å²) >= 11 is 0. The fraction of sp³-hybridized carbons (Fsp3) is 0.263. The Morgan fingerprint density at radius 2 is 1.75 bits per heavy atom. The molecule has 0 aliphatic carbocycles. The number of amides is 1. The van der Waals surface area contributed by atoms with Gasteiger partial charge in [-0.05, 0) is 50.6 Å². The molecule has 24 heavy (non-hydrogen) atoms. The number of esters is 1. The highest BCUT2D eigenvalue weighted by atomic mass is 16.5. The first kappa shape index (κ1) is 17.5. The molecule has 0 aromatic heterocycles. The number of hydrogen-bond acceptors (Lipinski definition) is 4. The summed E-state index contributed by atoms with van der Waals surface area (Å²) in [6.45, 7) is 5.33. The van der Waals surface area contributed by atoms with Gasteiger partial charge >= 0.3 is 5.97 Å². The molecule has 0 heterocycles. The Morgan fingerprint density at radius 3 is 2.42 bits per heavy atom. The first-order chi connectivity index (χ1) is 11.4. The van der Waals surface area contributed by atoms with Crippen LogP contribution in [-0.2, 0) is 9.53 Å². The molecule has 0 aliphatic heterocycles. The van der Waals surface area contributed by atoms with Crippen LogP contribution in [-0.4, -0.2) is 25.1 Å². The molecule has 0 aliphatic rings. The number of benzene rings is 2. The monoisotopic (exact) mass is 327 g/mol. The first-order valence-corrected chi connectivity index (χ1v) is 7.64. The van der Waals surface area contributed by atoms with E-state index in [2.05, 4.69) is 5.32 Å². The molecule has 1 amide bonds. The third kappa shape index (κ3) is 4.35. The summed E-state index contributed by atoms with van der Waals surface area (Å²) in [6, 6.07) is 12.5. The van der Waals surface area contributed by atoms with Crippen molar-refractivity contribution < 1.29 is 19.1 Å². The van der Waals surface area contributed by atoms with Crippen molar-refractivity contribution in [3.63, 3.8) is 0 Å². The summed E-state index contributed by atoms with van der Waals surface area (Å²) in [5, 5.41) is 2.73. The summed E-state index contributed by atoms with van der Waals surface area (Å²) in [5.41, 5.74) is 2.89. The van der Waals surface area contributed by atoms with Crippen LogP contribution < -0.4 is 10.1 Å². The van der Waals surface area contributed by atoms with Crippen LogP contribution in [0, 0.1) is 13.8 Å². The van der Waals surface area contributed by atoms with E-state index < -0.39 is 18.0 Å². The van der Waals surface area contributed by atoms with E-state index in [4.69, 9.17) is 9.47 Å². The SMILES string of the molecule is COc1ccc(C)cc1NC(=O)[C@H](C)OC(=O)c1cccc(C)c1. The molecule has 2 aromatic rings. The van der Waals surface area contributed by atoms with Gasteiger partial charge in [-0.3, -0.25) is 4.79 Å². The van der Waals surface area contributed by atoms with Crippen LogP contribution in [0.3, 0.4) is 0 Å². The van der Waals surface area contributed by atoms with Gasteiger partial charge in [0.15, 0.2) is 6.10 Å². The third-order valence-corrected chi connectivity index (χ3v) is 3.52. The lowest BCUT2D eigenvalue weighted by atomic mass is 10.1. The van der Waals surface area contributed by atoms with Crippen molar-refractivity contribution in [2.75, 3.05) is 12.4 Å². The molecule has 0 saturated heterocycles. The highest BCUT2D eigenvalue weighted by Gasteiger charge is 2.20. The van der Waals surface area contributed by atoms with E-state index in [1.807, 2.05) is 26.0 Å². The Bertz CT molecular complexity index is 755. The molecule has 126 valence electrons. The molecule has 0 saturated carbocycles. The largest absolute Gasteiger partial charge is 0.495 e. The molecular formula is C19H21NO4. The van der Waals surface area contributed by atoms with Crippen molar-refractivity contribution >= 4 is 17.6 Å². The second-order valence-electron chi connectivity index (χ2n) is 5.61. The van der Waals surface area contributed by atoms with Gasteiger partial charge in [0.05, 0.1) is 18.4 Å². The fourth-order valence-corrected chi connectivity index (χ4v) is 2.21. The maximum Gasteiger partial charge on any atom is 0.338 e. The number of methoxy groups -OCH3 is 1. The van der Waals surface area contributed by atoms with Crippen LogP contribution in [0.1, 0.15) is 28.4 Å². The predicted octanol–water partition coefficient (Wildman–Crippen LogP) is 3.50. The summed E-state index contributed by atoms with van der Waals surface area (Å²) < 4.78 is 10.5. The zero-order valence-corrected chi connectivity index (χ0v) is 14.3. The molecule has 5 heteroatoms. The van der Waals surface area contributed by atoms with E-state index >= 15 is 0 Å². The minimum atomic E-state index is -0.928. The topological polar surface area (TPSA) is 64.6 Å². The Hall–Kier alpha value is -2.82. The number of rotatable bonds is 5. The molecular weight excluding hydrogens is 306 g/mol. The standard InChI is InChI=1S/C19H21NO4/c1-12-6-5-7-15(10-12)19(22)24-14(3)18(21)20-16-11-13(2)8-9-17(16)23-4/h5-11,14H,1-4H3,(H,20,21)/t14-/m0/s1. The minimum absolute atomic E-state index is 0.417. The van der Waals surface area contributed by atoms with E-state index in [1.165, 1.54) is 14.0 Å². The summed E-state index contributed by atoms with van der Waals surface area (Å²) in [5.74, 6) is -0.399. The molecule has 0 bridgehead atoms. The number of nitrogens with one attached hydrogen (secondary N) is 1. The van der Waals surface area contributed by atoms with Crippen molar-refractivity contribution in [2.45, 2.75) is 26.9 Å². The first-order valence-electron chi connectivity index (χ1n) is 7.64.